The number of halogens is 2. The third-order valence-electron chi connectivity index (χ3n) is 6.71. The van der Waals surface area contributed by atoms with Gasteiger partial charge in [0.15, 0.2) is 6.61 Å². The lowest BCUT2D eigenvalue weighted by Gasteiger charge is -2.62. The van der Waals surface area contributed by atoms with Gasteiger partial charge < -0.3 is 9.47 Å². The fraction of sp³-hybridized carbons (Fsp3) is 0.938. The number of hydrogen-bond donors (Lipinski definition) is 1. The van der Waals surface area contributed by atoms with Crippen molar-refractivity contribution in [1.29, 1.82) is 0 Å². The van der Waals surface area contributed by atoms with Crippen molar-refractivity contribution in [2.75, 3.05) is 13.2 Å². The number of rotatable bonds is 6. The topological polar surface area (TPSA) is 89.9 Å². The van der Waals surface area contributed by atoms with Gasteiger partial charge in [-0.2, -0.15) is 17.2 Å². The first-order valence-electron chi connectivity index (χ1n) is 8.59. The molecule has 4 aliphatic carbocycles. The van der Waals surface area contributed by atoms with Crippen LogP contribution in [0.2, 0.25) is 0 Å². The van der Waals surface area contributed by atoms with E-state index in [2.05, 4.69) is 18.6 Å². The molecule has 4 fully saturated rings. The van der Waals surface area contributed by atoms with Crippen molar-refractivity contribution in [3.63, 3.8) is 0 Å². The number of carbonyl (C=O) groups excluding carboxylic acids is 1. The zero-order chi connectivity index (χ0) is 18.6. The van der Waals surface area contributed by atoms with E-state index in [0.29, 0.717) is 29.6 Å². The van der Waals surface area contributed by atoms with Crippen LogP contribution in [0.1, 0.15) is 39.5 Å². The summed E-state index contributed by atoms with van der Waals surface area (Å²) in [5.74, 6) is 1.57. The van der Waals surface area contributed by atoms with Gasteiger partial charge >= 0.3 is 21.3 Å². The number of carbonyl (C=O) groups is 1. The second-order valence-electron chi connectivity index (χ2n) is 7.93. The molecule has 4 aliphatic rings. The zero-order valence-electron chi connectivity index (χ0n) is 14.3. The van der Waals surface area contributed by atoms with Crippen LogP contribution in [0.5, 0.6) is 0 Å². The van der Waals surface area contributed by atoms with Gasteiger partial charge in [0.05, 0.1) is 5.60 Å². The average molecular weight is 382 g/mol. The molecule has 4 saturated carbocycles. The summed E-state index contributed by atoms with van der Waals surface area (Å²) in [6.07, 6.45) is 4.07. The molecule has 0 aromatic rings. The van der Waals surface area contributed by atoms with Gasteiger partial charge in [-0.25, -0.2) is 4.79 Å². The Balaban J connectivity index is 1.57. The Kier molecular flexibility index (Phi) is 4.65. The smallest absolute Gasteiger partial charge is 0.402 e. The van der Waals surface area contributed by atoms with Gasteiger partial charge in [0.1, 0.15) is 6.61 Å². The molecule has 4 rings (SSSR count). The molecule has 4 bridgehead atoms. The van der Waals surface area contributed by atoms with E-state index in [-0.39, 0.29) is 0 Å². The first kappa shape index (κ1) is 19.0. The fourth-order valence-corrected chi connectivity index (χ4v) is 5.35. The second-order valence-corrected chi connectivity index (χ2v) is 9.48. The van der Waals surface area contributed by atoms with Crippen molar-refractivity contribution in [3.8, 4) is 0 Å². The first-order chi connectivity index (χ1) is 11.5. The summed E-state index contributed by atoms with van der Waals surface area (Å²) >= 11 is 0. The van der Waals surface area contributed by atoms with Crippen LogP contribution >= 0.6 is 0 Å². The summed E-state index contributed by atoms with van der Waals surface area (Å²) in [5.41, 5.74) is -0.423. The number of esters is 1. The average Bonchev–Trinajstić information content (AvgIpc) is 2.49. The van der Waals surface area contributed by atoms with E-state index in [9.17, 15) is 22.0 Å². The van der Waals surface area contributed by atoms with Crippen LogP contribution in [-0.4, -0.2) is 43.0 Å². The van der Waals surface area contributed by atoms with Crippen molar-refractivity contribution in [1.82, 2.24) is 0 Å². The highest BCUT2D eigenvalue weighted by molar-refractivity contribution is 7.86. The Morgan fingerprint density at radius 2 is 1.76 bits per heavy atom. The lowest BCUT2D eigenvalue weighted by atomic mass is 9.47. The van der Waals surface area contributed by atoms with Crippen molar-refractivity contribution in [3.05, 3.63) is 0 Å². The summed E-state index contributed by atoms with van der Waals surface area (Å²) in [4.78, 5) is 11.7. The Morgan fingerprint density at radius 3 is 2.28 bits per heavy atom. The Morgan fingerprint density at radius 1 is 1.20 bits per heavy atom. The van der Waals surface area contributed by atoms with Crippen molar-refractivity contribution >= 4 is 16.1 Å². The Bertz CT molecular complexity index is 633. The molecule has 0 aromatic heterocycles. The van der Waals surface area contributed by atoms with Gasteiger partial charge in [0.25, 0.3) is 0 Å². The van der Waals surface area contributed by atoms with Gasteiger partial charge in [-0.3, -0.25) is 4.55 Å². The molecule has 144 valence electrons. The predicted molar refractivity (Wildman–Crippen MR) is 83.4 cm³/mol. The molecule has 0 aliphatic heterocycles. The SMILES string of the molecule is CC1C2CC3CC1CC(OCC(=O)OCC(F)(F)S(=O)(=O)O)(C2)C3C. The van der Waals surface area contributed by atoms with Gasteiger partial charge in [-0.15, -0.1) is 0 Å². The van der Waals surface area contributed by atoms with E-state index in [1.165, 1.54) is 12.8 Å². The van der Waals surface area contributed by atoms with Gasteiger partial charge in [0, 0.05) is 0 Å². The molecule has 9 heteroatoms. The maximum atomic E-state index is 13.1. The minimum absolute atomic E-state index is 0.291. The summed E-state index contributed by atoms with van der Waals surface area (Å²) in [5, 5.41) is -4.52. The largest absolute Gasteiger partial charge is 0.456 e. The standard InChI is InChI=1S/C16H24F2O6S/c1-9-12-3-11-4-13(9)6-15(5-12,10(11)2)24-7-14(19)23-8-16(17,18)25(20,21)22/h9-13H,3-8H2,1-2H3,(H,20,21,22). The summed E-state index contributed by atoms with van der Waals surface area (Å²) in [7, 11) is -5.62. The highest BCUT2D eigenvalue weighted by Gasteiger charge is 2.58. The maximum absolute atomic E-state index is 13.1. The number of ether oxygens (including phenoxy) is 2. The number of alkyl halides is 2. The molecule has 0 saturated heterocycles. The van der Waals surface area contributed by atoms with Crippen LogP contribution in [0.3, 0.4) is 0 Å². The van der Waals surface area contributed by atoms with Crippen LogP contribution in [0, 0.1) is 29.6 Å². The molecule has 0 aromatic carbocycles. The molecule has 0 heterocycles. The van der Waals surface area contributed by atoms with E-state index < -0.39 is 40.2 Å². The predicted octanol–water partition coefficient (Wildman–Crippen LogP) is 2.49. The third-order valence-corrected chi connectivity index (χ3v) is 7.58. The molecule has 3 unspecified atom stereocenters. The van der Waals surface area contributed by atoms with Crippen LogP contribution in [0.4, 0.5) is 8.78 Å². The van der Waals surface area contributed by atoms with Crippen molar-refractivity contribution in [2.45, 2.75) is 50.4 Å². The summed E-state index contributed by atoms with van der Waals surface area (Å²) in [6.45, 7) is 2.16. The monoisotopic (exact) mass is 382 g/mol. The molecular weight excluding hydrogens is 358 g/mol. The molecule has 25 heavy (non-hydrogen) atoms. The van der Waals surface area contributed by atoms with Crippen molar-refractivity contribution < 1.29 is 36.0 Å². The molecule has 3 atom stereocenters. The fourth-order valence-electron chi connectivity index (χ4n) is 5.14. The maximum Gasteiger partial charge on any atom is 0.402 e. The molecule has 6 nitrogen and oxygen atoms in total. The van der Waals surface area contributed by atoms with E-state index in [1.807, 2.05) is 0 Å². The van der Waals surface area contributed by atoms with Crippen LogP contribution in [-0.2, 0) is 24.4 Å². The molecule has 0 amide bonds. The number of hydrogen-bond acceptors (Lipinski definition) is 5. The highest BCUT2D eigenvalue weighted by atomic mass is 32.2. The molecule has 1 N–H and O–H groups in total. The minimum atomic E-state index is -5.62. The van der Waals surface area contributed by atoms with E-state index in [4.69, 9.17) is 9.29 Å². The van der Waals surface area contributed by atoms with Crippen LogP contribution < -0.4 is 0 Å². The van der Waals surface area contributed by atoms with E-state index >= 15 is 0 Å². The lowest BCUT2D eigenvalue weighted by molar-refractivity contribution is -0.219. The second kappa shape index (κ2) is 6.13. The Hall–Kier alpha value is -0.800. The van der Waals surface area contributed by atoms with Gasteiger partial charge in [0.2, 0.25) is 0 Å². The zero-order valence-corrected chi connectivity index (χ0v) is 15.1. The summed E-state index contributed by atoms with van der Waals surface area (Å²) in [6, 6.07) is 0. The van der Waals surface area contributed by atoms with Crippen LogP contribution in [0.15, 0.2) is 0 Å². The minimum Gasteiger partial charge on any atom is -0.456 e. The molecule has 0 spiro atoms. The highest BCUT2D eigenvalue weighted by Crippen LogP contribution is 2.61. The van der Waals surface area contributed by atoms with E-state index in [1.54, 1.807) is 0 Å². The lowest BCUT2D eigenvalue weighted by Crippen LogP contribution is -2.60. The van der Waals surface area contributed by atoms with Gasteiger partial charge in [-0.1, -0.05) is 13.8 Å². The quantitative estimate of drug-likeness (QED) is 0.561. The van der Waals surface area contributed by atoms with Crippen molar-refractivity contribution in [2.24, 2.45) is 29.6 Å². The Labute approximate surface area is 146 Å². The molecular formula is C16H24F2O6S. The first-order valence-corrected chi connectivity index (χ1v) is 10.0. The third kappa shape index (κ3) is 3.30. The normalized spacial score (nSPS) is 40.3. The van der Waals surface area contributed by atoms with E-state index in [0.717, 1.165) is 12.8 Å². The van der Waals surface area contributed by atoms with Crippen LogP contribution in [0.25, 0.3) is 0 Å². The van der Waals surface area contributed by atoms with Gasteiger partial charge in [-0.05, 0) is 55.3 Å². The molecule has 0 radical (unpaired) electrons. The summed E-state index contributed by atoms with van der Waals surface area (Å²) < 4.78 is 65.8.